The van der Waals surface area contributed by atoms with Gasteiger partial charge in [-0.1, -0.05) is 48.0 Å². The van der Waals surface area contributed by atoms with Crippen LogP contribution in [-0.2, 0) is 16.6 Å². The van der Waals surface area contributed by atoms with E-state index in [4.69, 9.17) is 16.3 Å². The first-order chi connectivity index (χ1) is 14.3. The molecule has 2 N–H and O–H groups in total. The van der Waals surface area contributed by atoms with Crippen molar-refractivity contribution < 1.29 is 17.9 Å². The molecular weight excluding hydrogens is 424 g/mol. The van der Waals surface area contributed by atoms with Gasteiger partial charge in [0.05, 0.1) is 10.5 Å². The van der Waals surface area contributed by atoms with E-state index in [-0.39, 0.29) is 11.5 Å². The van der Waals surface area contributed by atoms with Crippen LogP contribution in [0.15, 0.2) is 71.6 Å². The average Bonchev–Trinajstić information content (AvgIpc) is 2.74. The van der Waals surface area contributed by atoms with E-state index in [1.54, 1.807) is 49.4 Å². The Morgan fingerprint density at radius 1 is 1.03 bits per heavy atom. The van der Waals surface area contributed by atoms with Crippen molar-refractivity contribution in [2.75, 3.05) is 12.4 Å². The van der Waals surface area contributed by atoms with E-state index in [1.807, 2.05) is 18.2 Å². The van der Waals surface area contributed by atoms with Gasteiger partial charge in [0.1, 0.15) is 12.4 Å². The molecule has 0 atom stereocenters. The van der Waals surface area contributed by atoms with Crippen LogP contribution in [0, 0.1) is 6.92 Å². The number of carbonyl (C=O) groups is 1. The molecule has 0 spiro atoms. The van der Waals surface area contributed by atoms with Gasteiger partial charge in [0.25, 0.3) is 5.91 Å². The van der Waals surface area contributed by atoms with Crippen LogP contribution in [0.25, 0.3) is 0 Å². The first-order valence-corrected chi connectivity index (χ1v) is 11.0. The molecule has 0 aliphatic carbocycles. The largest absolute Gasteiger partial charge is 0.488 e. The summed E-state index contributed by atoms with van der Waals surface area (Å²) in [5.74, 6) is -0.0217. The van der Waals surface area contributed by atoms with Crippen LogP contribution >= 0.6 is 11.6 Å². The quantitative estimate of drug-likeness (QED) is 0.566. The Bertz CT molecular complexity index is 1180. The SMILES string of the molecule is CNS(=O)(=O)c1cc(NC(=O)c2ccccc2OCc2ccccc2Cl)ccc1C. The third kappa shape index (κ3) is 4.99. The van der Waals surface area contributed by atoms with Crippen LogP contribution < -0.4 is 14.8 Å². The highest BCUT2D eigenvalue weighted by Gasteiger charge is 2.17. The van der Waals surface area contributed by atoms with Crippen LogP contribution in [-0.4, -0.2) is 21.4 Å². The summed E-state index contributed by atoms with van der Waals surface area (Å²) < 4.78 is 32.5. The van der Waals surface area contributed by atoms with Crippen LogP contribution in [0.5, 0.6) is 5.75 Å². The Kier molecular flexibility index (Phi) is 6.77. The third-order valence-electron chi connectivity index (χ3n) is 4.48. The Hall–Kier alpha value is -2.87. The van der Waals surface area contributed by atoms with Crippen molar-refractivity contribution in [1.82, 2.24) is 4.72 Å². The monoisotopic (exact) mass is 444 g/mol. The molecular formula is C22H21ClN2O4S. The lowest BCUT2D eigenvalue weighted by Gasteiger charge is -2.13. The van der Waals surface area contributed by atoms with E-state index >= 15 is 0 Å². The number of nitrogens with one attached hydrogen (secondary N) is 2. The number of sulfonamides is 1. The summed E-state index contributed by atoms with van der Waals surface area (Å²) in [6.45, 7) is 1.90. The molecule has 30 heavy (non-hydrogen) atoms. The minimum atomic E-state index is -3.64. The van der Waals surface area contributed by atoms with Gasteiger partial charge in [-0.3, -0.25) is 4.79 Å². The number of hydrogen-bond acceptors (Lipinski definition) is 4. The van der Waals surface area contributed by atoms with Crippen LogP contribution in [0.1, 0.15) is 21.5 Å². The van der Waals surface area contributed by atoms with E-state index in [2.05, 4.69) is 10.0 Å². The lowest BCUT2D eigenvalue weighted by molar-refractivity contribution is 0.102. The molecule has 3 rings (SSSR count). The van der Waals surface area contributed by atoms with Crippen molar-refractivity contribution in [3.05, 3.63) is 88.4 Å². The van der Waals surface area contributed by atoms with Crippen LogP contribution in [0.4, 0.5) is 5.69 Å². The fourth-order valence-corrected chi connectivity index (χ4v) is 4.01. The number of aryl methyl sites for hydroxylation is 1. The average molecular weight is 445 g/mol. The number of ether oxygens (including phenoxy) is 1. The van der Waals surface area contributed by atoms with Crippen LogP contribution in [0.2, 0.25) is 5.02 Å². The smallest absolute Gasteiger partial charge is 0.259 e. The molecule has 3 aromatic carbocycles. The van der Waals surface area contributed by atoms with Crippen LogP contribution in [0.3, 0.4) is 0 Å². The molecule has 1 amide bonds. The van der Waals surface area contributed by atoms with Gasteiger partial charge in [0.15, 0.2) is 0 Å². The van der Waals surface area contributed by atoms with Gasteiger partial charge >= 0.3 is 0 Å². The maximum atomic E-state index is 12.8. The zero-order chi connectivity index (χ0) is 21.7. The summed E-state index contributed by atoms with van der Waals surface area (Å²) in [6, 6.07) is 18.8. The number of carbonyl (C=O) groups excluding carboxylic acids is 1. The van der Waals surface area contributed by atoms with Gasteiger partial charge in [0, 0.05) is 16.3 Å². The van der Waals surface area contributed by atoms with Gasteiger partial charge in [-0.15, -0.1) is 0 Å². The molecule has 0 fully saturated rings. The summed E-state index contributed by atoms with van der Waals surface area (Å²) in [7, 11) is -2.30. The van der Waals surface area contributed by atoms with Crippen molar-refractivity contribution >= 4 is 33.2 Å². The van der Waals surface area contributed by atoms with Gasteiger partial charge in [-0.05, 0) is 49.9 Å². The zero-order valence-electron chi connectivity index (χ0n) is 16.5. The molecule has 0 saturated carbocycles. The minimum absolute atomic E-state index is 0.103. The highest BCUT2D eigenvalue weighted by Crippen LogP contribution is 2.24. The van der Waals surface area contributed by atoms with Crippen molar-refractivity contribution in [3.63, 3.8) is 0 Å². The first kappa shape index (κ1) is 21.8. The fourth-order valence-electron chi connectivity index (χ4n) is 2.83. The van der Waals surface area contributed by atoms with E-state index in [9.17, 15) is 13.2 Å². The third-order valence-corrected chi connectivity index (χ3v) is 6.40. The molecule has 156 valence electrons. The Labute approximate surface area is 180 Å². The lowest BCUT2D eigenvalue weighted by Crippen LogP contribution is -2.20. The van der Waals surface area contributed by atoms with Gasteiger partial charge in [-0.25, -0.2) is 13.1 Å². The summed E-state index contributed by atoms with van der Waals surface area (Å²) in [5, 5.41) is 3.32. The Morgan fingerprint density at radius 2 is 1.73 bits per heavy atom. The highest BCUT2D eigenvalue weighted by molar-refractivity contribution is 7.89. The number of para-hydroxylation sites is 1. The summed E-state index contributed by atoms with van der Waals surface area (Å²) in [5.41, 5.74) is 2.06. The summed E-state index contributed by atoms with van der Waals surface area (Å²) in [6.07, 6.45) is 0. The number of amides is 1. The van der Waals surface area contributed by atoms with Crippen molar-refractivity contribution in [3.8, 4) is 5.75 Å². The Balaban J connectivity index is 1.82. The normalized spacial score (nSPS) is 11.2. The highest BCUT2D eigenvalue weighted by atomic mass is 35.5. The van der Waals surface area contributed by atoms with Gasteiger partial charge in [-0.2, -0.15) is 0 Å². The number of halogens is 1. The molecule has 6 nitrogen and oxygen atoms in total. The molecule has 0 bridgehead atoms. The van der Waals surface area contributed by atoms with E-state index in [0.717, 1.165) is 5.56 Å². The topological polar surface area (TPSA) is 84.5 Å². The lowest BCUT2D eigenvalue weighted by atomic mass is 10.1. The predicted octanol–water partition coefficient (Wildman–Crippen LogP) is 4.39. The van der Waals surface area contributed by atoms with E-state index < -0.39 is 15.9 Å². The Morgan fingerprint density at radius 3 is 2.47 bits per heavy atom. The predicted molar refractivity (Wildman–Crippen MR) is 118 cm³/mol. The summed E-state index contributed by atoms with van der Waals surface area (Å²) in [4.78, 5) is 12.9. The van der Waals surface area contributed by atoms with E-state index in [0.29, 0.717) is 27.6 Å². The maximum Gasteiger partial charge on any atom is 0.259 e. The second kappa shape index (κ2) is 9.30. The zero-order valence-corrected chi connectivity index (χ0v) is 18.0. The minimum Gasteiger partial charge on any atom is -0.488 e. The molecule has 0 radical (unpaired) electrons. The number of hydrogen-bond donors (Lipinski definition) is 2. The van der Waals surface area contributed by atoms with Crippen molar-refractivity contribution in [2.24, 2.45) is 0 Å². The molecule has 3 aromatic rings. The molecule has 0 saturated heterocycles. The molecule has 0 aliphatic heterocycles. The van der Waals surface area contributed by atoms with E-state index in [1.165, 1.54) is 13.1 Å². The fraction of sp³-hybridized carbons (Fsp3) is 0.136. The maximum absolute atomic E-state index is 12.8. The number of benzene rings is 3. The molecule has 0 heterocycles. The van der Waals surface area contributed by atoms with Crippen molar-refractivity contribution in [1.29, 1.82) is 0 Å². The second-order valence-corrected chi connectivity index (χ2v) is 8.78. The number of rotatable bonds is 7. The van der Waals surface area contributed by atoms with Gasteiger partial charge in [0.2, 0.25) is 10.0 Å². The molecule has 0 aromatic heterocycles. The van der Waals surface area contributed by atoms with Crippen molar-refractivity contribution in [2.45, 2.75) is 18.4 Å². The number of anilines is 1. The molecule has 0 aliphatic rings. The standard InChI is InChI=1S/C22H21ClN2O4S/c1-15-11-12-17(13-21(15)30(27,28)24-2)25-22(26)18-8-4-6-10-20(18)29-14-16-7-3-5-9-19(16)23/h3-13,24H,14H2,1-2H3,(H,25,26). The second-order valence-electron chi connectivity index (χ2n) is 6.52. The molecule has 0 unspecified atom stereocenters. The molecule has 8 heteroatoms. The first-order valence-electron chi connectivity index (χ1n) is 9.12. The van der Waals surface area contributed by atoms with Gasteiger partial charge < -0.3 is 10.1 Å². The summed E-state index contributed by atoms with van der Waals surface area (Å²) >= 11 is 6.16.